The van der Waals surface area contributed by atoms with Crippen LogP contribution >= 0.6 is 0 Å². The van der Waals surface area contributed by atoms with Gasteiger partial charge in [-0.1, -0.05) is 19.7 Å². The van der Waals surface area contributed by atoms with E-state index in [2.05, 4.69) is 25.1 Å². The number of ether oxygens (including phenoxy) is 8. The van der Waals surface area contributed by atoms with E-state index in [1.165, 1.54) is 0 Å². The molecular formula is C34H63N3O13. The molecule has 1 fully saturated rings. The van der Waals surface area contributed by atoms with Crippen LogP contribution in [0.25, 0.3) is 0 Å². The third kappa shape index (κ3) is 36.5. The van der Waals surface area contributed by atoms with Crippen LogP contribution in [0, 0.1) is 0 Å². The van der Waals surface area contributed by atoms with Crippen molar-refractivity contribution in [2.45, 2.75) is 58.3 Å². The largest absolute Gasteiger partial charge is 0.460 e. The Kier molecular flexibility index (Phi) is 34.2. The number of epoxide rings is 1. The molecule has 1 heterocycles. The predicted molar refractivity (Wildman–Crippen MR) is 187 cm³/mol. The third-order valence-electron chi connectivity index (χ3n) is 5.81. The SMILES string of the molecule is C=C(C)C(=O)OCC(O)CCCCOCCOCCNCC(O)COC(=O)C(=C)C.C=C(C)C(=O)OCC1CO1.NCCOCCOCCN. The first-order valence-electron chi connectivity index (χ1n) is 16.7. The predicted octanol–water partition coefficient (Wildman–Crippen LogP) is 0.181. The number of nitrogens with one attached hydrogen (secondary N) is 1. The Balaban J connectivity index is 0. The molecule has 292 valence electrons. The second-order valence-electron chi connectivity index (χ2n) is 11.1. The molecule has 1 rings (SSSR count). The van der Waals surface area contributed by atoms with Gasteiger partial charge in [0, 0.05) is 49.5 Å². The van der Waals surface area contributed by atoms with Crippen LogP contribution in [0.5, 0.6) is 0 Å². The van der Waals surface area contributed by atoms with Crippen LogP contribution in [0.15, 0.2) is 36.5 Å². The molecule has 0 aromatic carbocycles. The molecule has 1 aliphatic heterocycles. The van der Waals surface area contributed by atoms with Gasteiger partial charge in [-0.05, 0) is 40.0 Å². The number of rotatable bonds is 29. The van der Waals surface area contributed by atoms with E-state index in [-0.39, 0.29) is 25.3 Å². The normalized spacial score (nSPS) is 14.1. The van der Waals surface area contributed by atoms with Crippen LogP contribution in [0.2, 0.25) is 0 Å². The van der Waals surface area contributed by atoms with Gasteiger partial charge in [0.05, 0.1) is 59.0 Å². The summed E-state index contributed by atoms with van der Waals surface area (Å²) >= 11 is 0. The number of aliphatic hydroxyl groups excluding tert-OH is 2. The highest BCUT2D eigenvalue weighted by atomic mass is 16.6. The second-order valence-corrected chi connectivity index (χ2v) is 11.1. The summed E-state index contributed by atoms with van der Waals surface area (Å²) in [4.78, 5) is 33.1. The van der Waals surface area contributed by atoms with Gasteiger partial charge in [-0.25, -0.2) is 14.4 Å². The zero-order chi connectivity index (χ0) is 38.0. The van der Waals surface area contributed by atoms with Crippen LogP contribution in [-0.4, -0.2) is 152 Å². The summed E-state index contributed by atoms with van der Waals surface area (Å²) in [5.41, 5.74) is 11.4. The van der Waals surface area contributed by atoms with Crippen molar-refractivity contribution in [1.82, 2.24) is 5.32 Å². The molecular weight excluding hydrogens is 658 g/mol. The summed E-state index contributed by atoms with van der Waals surface area (Å²) in [6.45, 7) is 22.4. The van der Waals surface area contributed by atoms with Crippen molar-refractivity contribution in [3.63, 3.8) is 0 Å². The average Bonchev–Trinajstić information content (AvgIpc) is 3.92. The lowest BCUT2D eigenvalue weighted by molar-refractivity contribution is -0.142. The number of hydrogen-bond acceptors (Lipinski definition) is 16. The standard InChI is InChI=1S/C21H37NO8.C7H10O3.C6H16N2O2/c1-16(2)20(25)29-14-18(23)7-5-6-9-27-11-12-28-10-8-22-13-19(24)15-30-21(26)17(3)4;1-5(2)7(8)10-4-6-3-9-6;7-1-3-9-5-6-10-4-2-8/h18-19,22-24H,1,3,5-15H2,2,4H3;6H,1,3-4H2,2H3;1-8H2. The van der Waals surface area contributed by atoms with E-state index in [0.717, 1.165) is 12.8 Å². The van der Waals surface area contributed by atoms with Gasteiger partial charge in [0.2, 0.25) is 0 Å². The topological polar surface area (TPSA) is 233 Å². The third-order valence-corrected chi connectivity index (χ3v) is 5.81. The maximum Gasteiger partial charge on any atom is 0.333 e. The lowest BCUT2D eigenvalue weighted by Gasteiger charge is -2.12. The zero-order valence-corrected chi connectivity index (χ0v) is 30.3. The van der Waals surface area contributed by atoms with E-state index in [0.29, 0.717) is 115 Å². The molecule has 0 amide bonds. The van der Waals surface area contributed by atoms with Crippen molar-refractivity contribution in [3.8, 4) is 0 Å². The van der Waals surface area contributed by atoms with Crippen molar-refractivity contribution in [1.29, 1.82) is 0 Å². The molecule has 16 nitrogen and oxygen atoms in total. The minimum Gasteiger partial charge on any atom is -0.460 e. The minimum absolute atomic E-state index is 0.0227. The Morgan fingerprint density at radius 1 is 0.700 bits per heavy atom. The number of nitrogens with two attached hydrogens (primary N) is 2. The summed E-state index contributed by atoms with van der Waals surface area (Å²) in [7, 11) is 0. The number of carbonyl (C=O) groups excluding carboxylic acids is 3. The average molecular weight is 722 g/mol. The lowest BCUT2D eigenvalue weighted by Crippen LogP contribution is -2.33. The zero-order valence-electron chi connectivity index (χ0n) is 30.3. The van der Waals surface area contributed by atoms with Crippen LogP contribution in [0.1, 0.15) is 40.0 Å². The Labute approximate surface area is 297 Å². The van der Waals surface area contributed by atoms with Gasteiger partial charge in [0.1, 0.15) is 32.0 Å². The molecule has 1 saturated heterocycles. The fraction of sp³-hybridized carbons (Fsp3) is 0.735. The van der Waals surface area contributed by atoms with Gasteiger partial charge in [0.25, 0.3) is 0 Å². The summed E-state index contributed by atoms with van der Waals surface area (Å²) in [6.07, 6.45) is 0.770. The van der Waals surface area contributed by atoms with E-state index >= 15 is 0 Å². The number of unbranched alkanes of at least 4 members (excludes halogenated alkanes) is 1. The van der Waals surface area contributed by atoms with Crippen LogP contribution in [-0.2, 0) is 52.3 Å². The molecule has 1 aliphatic rings. The lowest BCUT2D eigenvalue weighted by atomic mass is 10.2. The van der Waals surface area contributed by atoms with E-state index < -0.39 is 24.1 Å². The quantitative estimate of drug-likeness (QED) is 0.0228. The number of esters is 3. The first-order valence-corrected chi connectivity index (χ1v) is 16.7. The van der Waals surface area contributed by atoms with Crippen molar-refractivity contribution < 1.29 is 62.5 Å². The maximum atomic E-state index is 11.2. The second kappa shape index (κ2) is 34.7. The van der Waals surface area contributed by atoms with E-state index in [1.807, 2.05) is 0 Å². The van der Waals surface area contributed by atoms with Gasteiger partial charge in [0.15, 0.2) is 0 Å². The Morgan fingerprint density at radius 2 is 1.14 bits per heavy atom. The first kappa shape index (κ1) is 49.3. The van der Waals surface area contributed by atoms with Crippen LogP contribution in [0.3, 0.4) is 0 Å². The fourth-order valence-corrected chi connectivity index (χ4v) is 3.00. The highest BCUT2D eigenvalue weighted by Crippen LogP contribution is 2.09. The van der Waals surface area contributed by atoms with Crippen LogP contribution < -0.4 is 16.8 Å². The molecule has 0 radical (unpaired) electrons. The van der Waals surface area contributed by atoms with Crippen LogP contribution in [0.4, 0.5) is 0 Å². The molecule has 16 heteroatoms. The summed E-state index contributed by atoms with van der Waals surface area (Å²) < 4.78 is 40.2. The highest BCUT2D eigenvalue weighted by molar-refractivity contribution is 5.87. The molecule has 3 atom stereocenters. The Morgan fingerprint density at radius 3 is 1.60 bits per heavy atom. The van der Waals surface area contributed by atoms with Gasteiger partial charge >= 0.3 is 17.9 Å². The number of hydrogen-bond donors (Lipinski definition) is 5. The van der Waals surface area contributed by atoms with E-state index in [4.69, 9.17) is 49.4 Å². The van der Waals surface area contributed by atoms with Crippen molar-refractivity contribution in [2.24, 2.45) is 11.5 Å². The number of aliphatic hydroxyl groups is 2. The summed E-state index contributed by atoms with van der Waals surface area (Å²) in [5, 5.41) is 22.4. The summed E-state index contributed by atoms with van der Waals surface area (Å²) in [5.74, 6) is -1.35. The molecule has 0 bridgehead atoms. The molecule has 7 N–H and O–H groups in total. The van der Waals surface area contributed by atoms with Gasteiger partial charge < -0.3 is 64.9 Å². The van der Waals surface area contributed by atoms with Gasteiger partial charge in [-0.15, -0.1) is 0 Å². The van der Waals surface area contributed by atoms with E-state index in [1.54, 1.807) is 20.8 Å². The Bertz CT molecular complexity index is 878. The summed E-state index contributed by atoms with van der Waals surface area (Å²) in [6, 6.07) is 0. The number of carbonyl (C=O) groups is 3. The highest BCUT2D eigenvalue weighted by Gasteiger charge is 2.24. The van der Waals surface area contributed by atoms with Crippen molar-refractivity contribution in [2.75, 3.05) is 105 Å². The molecule has 0 aromatic heterocycles. The Hall–Kier alpha value is -2.77. The van der Waals surface area contributed by atoms with Crippen molar-refractivity contribution in [3.05, 3.63) is 36.5 Å². The molecule has 3 unspecified atom stereocenters. The molecule has 0 saturated carbocycles. The van der Waals surface area contributed by atoms with Gasteiger partial charge in [-0.3, -0.25) is 0 Å². The monoisotopic (exact) mass is 721 g/mol. The molecule has 0 spiro atoms. The fourth-order valence-electron chi connectivity index (χ4n) is 3.00. The maximum absolute atomic E-state index is 11.2. The van der Waals surface area contributed by atoms with Crippen molar-refractivity contribution >= 4 is 17.9 Å². The van der Waals surface area contributed by atoms with Gasteiger partial charge in [-0.2, -0.15) is 0 Å². The smallest absolute Gasteiger partial charge is 0.333 e. The minimum atomic E-state index is -0.784. The molecule has 50 heavy (non-hydrogen) atoms. The first-order chi connectivity index (χ1) is 23.8. The molecule has 0 aromatic rings. The van der Waals surface area contributed by atoms with E-state index in [9.17, 15) is 24.6 Å². The molecule has 0 aliphatic carbocycles.